The monoisotopic (exact) mass is 277 g/mol. The molecule has 108 valence electrons. The Balaban J connectivity index is 2.28. The molecule has 2 heterocycles. The summed E-state index contributed by atoms with van der Waals surface area (Å²) in [5.41, 5.74) is 0.0336. The zero-order valence-electron chi connectivity index (χ0n) is 11.9. The molecule has 0 aliphatic heterocycles. The highest BCUT2D eigenvalue weighted by Crippen LogP contribution is 2.27. The van der Waals surface area contributed by atoms with Gasteiger partial charge in [-0.2, -0.15) is 14.6 Å². The topological polar surface area (TPSA) is 92.4 Å². The fourth-order valence-electron chi connectivity index (χ4n) is 2.19. The van der Waals surface area contributed by atoms with Gasteiger partial charge in [-0.25, -0.2) is 4.98 Å². The molecule has 0 aromatic carbocycles. The molecule has 0 unspecified atom stereocenters. The van der Waals surface area contributed by atoms with Gasteiger partial charge in [-0.1, -0.05) is 13.8 Å². The molecule has 0 aliphatic carbocycles. The smallest absolute Gasteiger partial charge is 0.311 e. The molecular weight excluding hydrogens is 258 g/mol. The number of rotatable bonds is 6. The van der Waals surface area contributed by atoms with E-state index in [-0.39, 0.29) is 0 Å². The number of aromatic nitrogens is 4. The molecule has 2 aromatic heterocycles. The van der Waals surface area contributed by atoms with Crippen molar-refractivity contribution >= 4 is 17.6 Å². The fourth-order valence-corrected chi connectivity index (χ4v) is 2.19. The summed E-state index contributed by atoms with van der Waals surface area (Å²) in [6, 6.07) is 1.83. The number of hydrogen-bond acceptors (Lipinski definition) is 5. The van der Waals surface area contributed by atoms with Gasteiger partial charge in [0, 0.05) is 18.3 Å². The summed E-state index contributed by atoms with van der Waals surface area (Å²) in [5.74, 6) is 0.426. The van der Waals surface area contributed by atoms with Gasteiger partial charge in [0.1, 0.15) is 12.1 Å². The normalized spacial score (nSPS) is 11.8. The zero-order valence-corrected chi connectivity index (χ0v) is 11.9. The van der Waals surface area contributed by atoms with Gasteiger partial charge >= 0.3 is 5.97 Å². The molecule has 20 heavy (non-hydrogen) atoms. The average molecular weight is 277 g/mol. The van der Waals surface area contributed by atoms with Crippen molar-refractivity contribution in [2.24, 2.45) is 5.41 Å². The molecule has 0 saturated carbocycles. The highest BCUT2D eigenvalue weighted by molar-refractivity contribution is 5.75. The fraction of sp³-hybridized carbons (Fsp3) is 0.538. The maximum Gasteiger partial charge on any atom is 0.311 e. The number of nitrogens with zero attached hydrogens (tertiary/aromatic N) is 4. The molecule has 0 atom stereocenters. The van der Waals surface area contributed by atoms with Crippen LogP contribution in [0.15, 0.2) is 12.4 Å². The predicted octanol–water partition coefficient (Wildman–Crippen LogP) is 1.74. The SMILES string of the molecule is CCC(CC)(CNc1cc(C)nc2ncnn12)C(=O)O. The van der Waals surface area contributed by atoms with Crippen LogP contribution in [0, 0.1) is 12.3 Å². The molecule has 2 rings (SSSR count). The van der Waals surface area contributed by atoms with Crippen molar-refractivity contribution in [3.05, 3.63) is 18.1 Å². The van der Waals surface area contributed by atoms with Crippen LogP contribution in [0.2, 0.25) is 0 Å². The van der Waals surface area contributed by atoms with Gasteiger partial charge in [-0.3, -0.25) is 4.79 Å². The number of nitrogens with one attached hydrogen (secondary N) is 1. The molecule has 0 amide bonds. The number of carbonyl (C=O) groups is 1. The molecule has 0 aliphatic rings. The number of anilines is 1. The van der Waals surface area contributed by atoms with Gasteiger partial charge in [-0.15, -0.1) is 0 Å². The molecule has 2 N–H and O–H groups in total. The molecule has 7 nitrogen and oxygen atoms in total. The van der Waals surface area contributed by atoms with E-state index in [0.717, 1.165) is 5.69 Å². The number of hydrogen-bond donors (Lipinski definition) is 2. The first-order valence-electron chi connectivity index (χ1n) is 6.67. The first kappa shape index (κ1) is 14.2. The van der Waals surface area contributed by atoms with Crippen molar-refractivity contribution in [3.63, 3.8) is 0 Å². The molecule has 7 heteroatoms. The van der Waals surface area contributed by atoms with Gasteiger partial charge in [0.2, 0.25) is 0 Å². The first-order valence-corrected chi connectivity index (χ1v) is 6.67. The number of carboxylic acid groups (broad SMARTS) is 1. The van der Waals surface area contributed by atoms with Crippen LogP contribution in [0.5, 0.6) is 0 Å². The van der Waals surface area contributed by atoms with Gasteiger partial charge in [0.25, 0.3) is 5.78 Å². The number of aryl methyl sites for hydroxylation is 1. The Morgan fingerprint density at radius 3 is 2.75 bits per heavy atom. The van der Waals surface area contributed by atoms with Crippen LogP contribution >= 0.6 is 0 Å². The lowest BCUT2D eigenvalue weighted by molar-refractivity contribution is -0.148. The third kappa shape index (κ3) is 2.43. The van der Waals surface area contributed by atoms with Crippen LogP contribution in [0.1, 0.15) is 32.4 Å². The van der Waals surface area contributed by atoms with Crippen LogP contribution in [0.4, 0.5) is 5.82 Å². The van der Waals surface area contributed by atoms with Crippen LogP contribution in [-0.2, 0) is 4.79 Å². The lowest BCUT2D eigenvalue weighted by Crippen LogP contribution is -2.37. The van der Waals surface area contributed by atoms with Gasteiger partial charge in [-0.05, 0) is 19.8 Å². The number of fused-ring (bicyclic) bond motifs is 1. The second-order valence-corrected chi connectivity index (χ2v) is 4.90. The van der Waals surface area contributed by atoms with Crippen molar-refractivity contribution in [1.29, 1.82) is 0 Å². The average Bonchev–Trinajstić information content (AvgIpc) is 2.88. The van der Waals surface area contributed by atoms with Crippen molar-refractivity contribution in [2.75, 3.05) is 11.9 Å². The van der Waals surface area contributed by atoms with Crippen molar-refractivity contribution < 1.29 is 9.90 Å². The molecular formula is C13H19N5O2. The van der Waals surface area contributed by atoms with Gasteiger partial charge in [0.05, 0.1) is 5.41 Å². The van der Waals surface area contributed by atoms with E-state index in [4.69, 9.17) is 0 Å². The Morgan fingerprint density at radius 2 is 2.15 bits per heavy atom. The molecule has 0 spiro atoms. The van der Waals surface area contributed by atoms with Crippen LogP contribution in [0.3, 0.4) is 0 Å². The quantitative estimate of drug-likeness (QED) is 0.835. The van der Waals surface area contributed by atoms with E-state index in [9.17, 15) is 9.90 Å². The van der Waals surface area contributed by atoms with E-state index in [2.05, 4.69) is 20.4 Å². The third-order valence-electron chi connectivity index (χ3n) is 3.80. The van der Waals surface area contributed by atoms with Crippen molar-refractivity contribution in [3.8, 4) is 0 Å². The summed E-state index contributed by atoms with van der Waals surface area (Å²) < 4.78 is 1.57. The second kappa shape index (κ2) is 5.44. The van der Waals surface area contributed by atoms with Gasteiger partial charge < -0.3 is 10.4 Å². The molecule has 2 aromatic rings. The number of aliphatic carboxylic acids is 1. The third-order valence-corrected chi connectivity index (χ3v) is 3.80. The highest BCUT2D eigenvalue weighted by Gasteiger charge is 2.34. The minimum atomic E-state index is -0.782. The van der Waals surface area contributed by atoms with Gasteiger partial charge in [0.15, 0.2) is 0 Å². The summed E-state index contributed by atoms with van der Waals surface area (Å²) in [6.07, 6.45) is 2.56. The van der Waals surface area contributed by atoms with Crippen LogP contribution in [-0.4, -0.2) is 37.2 Å². The summed E-state index contributed by atoms with van der Waals surface area (Å²) in [6.45, 7) is 5.99. The minimum Gasteiger partial charge on any atom is -0.481 e. The first-order chi connectivity index (χ1) is 9.52. The Kier molecular flexibility index (Phi) is 3.87. The lowest BCUT2D eigenvalue weighted by atomic mass is 9.82. The second-order valence-electron chi connectivity index (χ2n) is 4.90. The van der Waals surface area contributed by atoms with Crippen molar-refractivity contribution in [1.82, 2.24) is 19.6 Å². The lowest BCUT2D eigenvalue weighted by Gasteiger charge is -2.27. The minimum absolute atomic E-state index is 0.341. The summed E-state index contributed by atoms with van der Waals surface area (Å²) >= 11 is 0. The molecule has 0 saturated heterocycles. The number of carboxylic acids is 1. The molecule has 0 radical (unpaired) electrons. The highest BCUT2D eigenvalue weighted by atomic mass is 16.4. The largest absolute Gasteiger partial charge is 0.481 e. The summed E-state index contributed by atoms with van der Waals surface area (Å²) in [4.78, 5) is 19.8. The van der Waals surface area contributed by atoms with E-state index in [0.29, 0.717) is 31.0 Å². The molecule has 0 bridgehead atoms. The van der Waals surface area contributed by atoms with E-state index in [1.54, 1.807) is 4.52 Å². The Morgan fingerprint density at radius 1 is 1.45 bits per heavy atom. The van der Waals surface area contributed by atoms with E-state index < -0.39 is 11.4 Å². The van der Waals surface area contributed by atoms with E-state index in [1.807, 2.05) is 26.8 Å². The van der Waals surface area contributed by atoms with Crippen molar-refractivity contribution in [2.45, 2.75) is 33.6 Å². The standard InChI is InChI=1S/C13H19N5O2/c1-4-13(5-2,11(19)20)7-14-10-6-9(3)17-12-15-8-16-18(10)12/h6,8,14H,4-5,7H2,1-3H3,(H,19,20). The van der Waals surface area contributed by atoms with E-state index >= 15 is 0 Å². The summed E-state index contributed by atoms with van der Waals surface area (Å²) in [7, 11) is 0. The predicted molar refractivity (Wildman–Crippen MR) is 74.7 cm³/mol. The van der Waals surface area contributed by atoms with E-state index in [1.165, 1.54) is 6.33 Å². The van der Waals surface area contributed by atoms with Crippen LogP contribution in [0.25, 0.3) is 5.78 Å². The Bertz CT molecular complexity index is 618. The Labute approximate surface area is 117 Å². The summed E-state index contributed by atoms with van der Waals surface area (Å²) in [5, 5.41) is 16.7. The zero-order chi connectivity index (χ0) is 14.8. The van der Waals surface area contributed by atoms with Crippen LogP contribution < -0.4 is 5.32 Å². The maximum absolute atomic E-state index is 11.5. The Hall–Kier alpha value is -2.18. The molecule has 0 fully saturated rings. The maximum atomic E-state index is 11.5.